The van der Waals surface area contributed by atoms with Crippen molar-refractivity contribution in [1.82, 2.24) is 9.97 Å². The first-order valence-electron chi connectivity index (χ1n) is 4.86. The lowest BCUT2D eigenvalue weighted by Gasteiger charge is -2.03. The highest BCUT2D eigenvalue weighted by molar-refractivity contribution is 9.10. The minimum Gasteiger partial charge on any atom is -0.287 e. The van der Waals surface area contributed by atoms with Gasteiger partial charge in [-0.15, -0.1) is 0 Å². The van der Waals surface area contributed by atoms with Crippen LogP contribution >= 0.6 is 15.9 Å². The quantitative estimate of drug-likeness (QED) is 0.749. The Morgan fingerprint density at radius 3 is 2.61 bits per heavy atom. The van der Waals surface area contributed by atoms with E-state index in [2.05, 4.69) is 25.9 Å². The molecule has 2 aromatic rings. The fraction of sp³-hybridized carbons (Fsp3) is 0. The molecule has 92 valence electrons. The van der Waals surface area contributed by atoms with E-state index in [1.807, 2.05) is 11.5 Å². The van der Waals surface area contributed by atoms with Crippen LogP contribution in [0.2, 0.25) is 0 Å². The number of benzene rings is 1. The van der Waals surface area contributed by atoms with Crippen LogP contribution in [0.15, 0.2) is 39.6 Å². The van der Waals surface area contributed by atoms with Gasteiger partial charge in [0.2, 0.25) is 0 Å². The Morgan fingerprint density at radius 1 is 1.33 bits per heavy atom. The topological polar surface area (TPSA) is 98.1 Å². The lowest BCUT2D eigenvalue weighted by molar-refractivity contribution is -0.770. The summed E-state index contributed by atoms with van der Waals surface area (Å²) in [6.07, 6.45) is 0. The van der Waals surface area contributed by atoms with Gasteiger partial charge >= 0.3 is 5.03 Å². The van der Waals surface area contributed by atoms with Gasteiger partial charge in [0.05, 0.1) is 5.69 Å². The minimum atomic E-state index is -0.541. The molecule has 0 fully saturated rings. The predicted molar refractivity (Wildman–Crippen MR) is 67.0 cm³/mol. The average molecular weight is 312 g/mol. The maximum Gasteiger partial charge on any atom is 0.362 e. The Balaban J connectivity index is 2.56. The van der Waals surface area contributed by atoms with Gasteiger partial charge in [0, 0.05) is 5.56 Å². The van der Waals surface area contributed by atoms with Gasteiger partial charge in [-0.25, -0.2) is 10.2 Å². The van der Waals surface area contributed by atoms with Crippen LogP contribution in [0.3, 0.4) is 0 Å². The highest BCUT2D eigenvalue weighted by Crippen LogP contribution is 2.23. The summed E-state index contributed by atoms with van der Waals surface area (Å²) in [4.78, 5) is 28.4. The van der Waals surface area contributed by atoms with Crippen molar-refractivity contribution in [2.75, 3.05) is 5.43 Å². The number of halogens is 1. The Hall–Kier alpha value is -2.22. The van der Waals surface area contributed by atoms with Gasteiger partial charge in [-0.05, 0) is 21.4 Å². The van der Waals surface area contributed by atoms with E-state index in [4.69, 9.17) is 5.21 Å². The van der Waals surface area contributed by atoms with E-state index >= 15 is 0 Å². The van der Waals surface area contributed by atoms with Crippen molar-refractivity contribution in [3.05, 3.63) is 50.1 Å². The van der Waals surface area contributed by atoms with Crippen LogP contribution in [-0.2, 0) is 0 Å². The van der Waals surface area contributed by atoms with E-state index in [0.717, 1.165) is 0 Å². The van der Waals surface area contributed by atoms with E-state index in [1.54, 1.807) is 24.3 Å². The largest absolute Gasteiger partial charge is 0.362 e. The molecule has 0 radical (unpaired) electrons. The maximum atomic E-state index is 11.6. The summed E-state index contributed by atoms with van der Waals surface area (Å²) in [5.74, 6) is -0.153. The zero-order chi connectivity index (χ0) is 13.1. The maximum absolute atomic E-state index is 11.6. The molecular formula is C10H8BrN4O3+. The van der Waals surface area contributed by atoms with Gasteiger partial charge in [-0.3, -0.25) is 9.78 Å². The van der Waals surface area contributed by atoms with Crippen LogP contribution in [0, 0.1) is 4.91 Å². The van der Waals surface area contributed by atoms with Crippen molar-refractivity contribution in [1.29, 1.82) is 0 Å². The van der Waals surface area contributed by atoms with Crippen molar-refractivity contribution in [2.45, 2.75) is 0 Å². The third-order valence-corrected chi connectivity index (χ3v) is 2.85. The molecule has 7 nitrogen and oxygen atoms in total. The molecule has 2 rings (SSSR count). The van der Waals surface area contributed by atoms with Gasteiger partial charge in [0.1, 0.15) is 9.38 Å². The predicted octanol–water partition coefficient (Wildman–Crippen LogP) is 1.69. The molecule has 0 saturated carbocycles. The number of nitrogens with one attached hydrogen (secondary N) is 2. The molecule has 0 saturated heterocycles. The first kappa shape index (κ1) is 12.2. The number of hydrazine groups is 1. The van der Waals surface area contributed by atoms with Gasteiger partial charge in [-0.2, -0.15) is 0 Å². The number of H-pyrrole nitrogens is 1. The molecular weight excluding hydrogens is 304 g/mol. The molecule has 0 bridgehead atoms. The van der Waals surface area contributed by atoms with Crippen molar-refractivity contribution < 1.29 is 10.2 Å². The zero-order valence-electron chi connectivity index (χ0n) is 8.92. The van der Waals surface area contributed by atoms with Crippen LogP contribution in [0.4, 0.5) is 5.95 Å². The molecule has 0 atom stereocenters. The molecule has 8 heteroatoms. The van der Waals surface area contributed by atoms with Crippen molar-refractivity contribution in [3.8, 4) is 11.3 Å². The van der Waals surface area contributed by atoms with Gasteiger partial charge in [-0.1, -0.05) is 30.3 Å². The van der Waals surface area contributed by atoms with Crippen molar-refractivity contribution in [2.24, 2.45) is 0 Å². The van der Waals surface area contributed by atoms with Gasteiger partial charge in [0.25, 0.3) is 11.5 Å². The second kappa shape index (κ2) is 4.96. The molecule has 3 N–H and O–H groups in total. The van der Waals surface area contributed by atoms with Crippen LogP contribution in [0.1, 0.15) is 0 Å². The number of anilines is 1. The minimum absolute atomic E-state index is 0.153. The number of hydrogen-bond donors (Lipinski definition) is 3. The molecule has 0 amide bonds. The van der Waals surface area contributed by atoms with Crippen LogP contribution in [0.5, 0.6) is 0 Å². The number of nitrogens with zero attached hydrogens (tertiary/aromatic N) is 2. The Morgan fingerprint density at radius 2 is 2.00 bits per heavy atom. The zero-order valence-corrected chi connectivity index (χ0v) is 10.5. The Labute approximate surface area is 109 Å². The lowest BCUT2D eigenvalue weighted by Crippen LogP contribution is -2.19. The monoisotopic (exact) mass is 311 g/mol. The second-order valence-corrected chi connectivity index (χ2v) is 4.12. The van der Waals surface area contributed by atoms with Crippen LogP contribution < -0.4 is 11.0 Å². The smallest absolute Gasteiger partial charge is 0.287 e. The van der Waals surface area contributed by atoms with Gasteiger partial charge < -0.3 is 0 Å². The molecule has 0 aliphatic carbocycles. The van der Waals surface area contributed by atoms with E-state index in [9.17, 15) is 9.70 Å². The number of aromatic nitrogens is 2. The highest BCUT2D eigenvalue weighted by Gasteiger charge is 2.14. The van der Waals surface area contributed by atoms with E-state index in [-0.39, 0.29) is 10.4 Å². The molecule has 0 aliphatic rings. The van der Waals surface area contributed by atoms with Crippen LogP contribution in [0.25, 0.3) is 11.3 Å². The Kier molecular flexibility index (Phi) is 3.38. The van der Waals surface area contributed by atoms with Crippen molar-refractivity contribution >= 4 is 21.9 Å². The van der Waals surface area contributed by atoms with E-state index in [0.29, 0.717) is 11.3 Å². The highest BCUT2D eigenvalue weighted by atomic mass is 79.9. The summed E-state index contributed by atoms with van der Waals surface area (Å²) in [6.45, 7) is 0. The second-order valence-electron chi connectivity index (χ2n) is 3.33. The average Bonchev–Trinajstić information content (AvgIpc) is 2.34. The first-order valence-corrected chi connectivity index (χ1v) is 5.65. The molecule has 1 aromatic carbocycles. The summed E-state index contributed by atoms with van der Waals surface area (Å²) < 4.78 is 0.245. The molecule has 0 unspecified atom stereocenters. The summed E-state index contributed by atoms with van der Waals surface area (Å²) in [5, 5.41) is 7.98. The summed E-state index contributed by atoms with van der Waals surface area (Å²) in [7, 11) is 0. The molecule has 18 heavy (non-hydrogen) atoms. The van der Waals surface area contributed by atoms with E-state index in [1.165, 1.54) is 0 Å². The van der Waals surface area contributed by atoms with Crippen LogP contribution in [-0.4, -0.2) is 20.2 Å². The summed E-state index contributed by atoms with van der Waals surface area (Å²) in [6, 6.07) is 8.96. The van der Waals surface area contributed by atoms with Crippen molar-refractivity contribution in [3.63, 3.8) is 0 Å². The normalized spacial score (nSPS) is 10.1. The fourth-order valence-corrected chi connectivity index (χ4v) is 1.81. The third-order valence-electron chi connectivity index (χ3n) is 2.11. The Bertz CT molecular complexity index is 641. The third kappa shape index (κ3) is 2.54. The number of aromatic amines is 1. The SMILES string of the molecule is O=c1[nH]c(N[N+](=O)O)nc(-c2ccccc2)c1Br. The molecule has 0 aliphatic heterocycles. The summed E-state index contributed by atoms with van der Waals surface area (Å²) >= 11 is 3.13. The molecule has 0 spiro atoms. The molecule has 1 aromatic heterocycles. The fourth-order valence-electron chi connectivity index (χ4n) is 1.39. The molecule has 1 heterocycles. The lowest BCUT2D eigenvalue weighted by atomic mass is 10.1. The summed E-state index contributed by atoms with van der Waals surface area (Å²) in [5.41, 5.74) is 2.53. The first-order chi connectivity index (χ1) is 8.58. The standard InChI is InChI=1S/C10H7BrN4O3/c11-7-8(6-4-2-1-3-5-6)12-10(13-9(7)16)14-15(17)18/h1-5H,(H2-,12,13,14,16,17,18)/p+1. The van der Waals surface area contributed by atoms with Gasteiger partial charge in [0.15, 0.2) is 0 Å². The number of rotatable bonds is 3. The van der Waals surface area contributed by atoms with E-state index < -0.39 is 10.6 Å². The number of hydrogen-bond acceptors (Lipinski definition) is 3.